The Balaban J connectivity index is 2.05. The van der Waals surface area contributed by atoms with Gasteiger partial charge in [0, 0.05) is 18.0 Å². The predicted octanol–water partition coefficient (Wildman–Crippen LogP) is 1.76. The molecule has 1 aliphatic heterocycles. The molecule has 1 aliphatic rings. The zero-order chi connectivity index (χ0) is 13.1. The normalized spacial score (nSPS) is 25.3. The average molecular weight is 256 g/mol. The van der Waals surface area contributed by atoms with Crippen molar-refractivity contribution in [2.45, 2.75) is 31.9 Å². The molecule has 0 spiro atoms. The van der Waals surface area contributed by atoms with Crippen LogP contribution in [0.15, 0.2) is 18.2 Å². The molecule has 1 aromatic carbocycles. The van der Waals surface area contributed by atoms with E-state index in [1.807, 2.05) is 6.92 Å². The summed E-state index contributed by atoms with van der Waals surface area (Å²) in [5.41, 5.74) is 3.33. The fourth-order valence-electron chi connectivity index (χ4n) is 2.48. The number of halogens is 2. The second-order valence-electron chi connectivity index (χ2n) is 4.89. The number of hydrogen-bond acceptors (Lipinski definition) is 3. The molecular weight excluding hydrogens is 238 g/mol. The molecule has 3 N–H and O–H groups in total. The summed E-state index contributed by atoms with van der Waals surface area (Å²) < 4.78 is 31.7. The van der Waals surface area contributed by atoms with Crippen LogP contribution in [0.1, 0.15) is 18.9 Å². The number of hydrazine groups is 1. The fourth-order valence-corrected chi connectivity index (χ4v) is 2.48. The van der Waals surface area contributed by atoms with Gasteiger partial charge in [0.05, 0.1) is 12.7 Å². The highest BCUT2D eigenvalue weighted by Crippen LogP contribution is 2.24. The summed E-state index contributed by atoms with van der Waals surface area (Å²) in [4.78, 5) is 0. The Morgan fingerprint density at radius 1 is 1.39 bits per heavy atom. The molecule has 3 unspecified atom stereocenters. The fraction of sp³-hybridized carbons (Fsp3) is 0.538. The molecule has 18 heavy (non-hydrogen) atoms. The van der Waals surface area contributed by atoms with Crippen LogP contribution in [0.3, 0.4) is 0 Å². The molecule has 0 amide bonds. The van der Waals surface area contributed by atoms with E-state index < -0.39 is 11.6 Å². The summed E-state index contributed by atoms with van der Waals surface area (Å²) in [6.07, 6.45) is 1.62. The van der Waals surface area contributed by atoms with Crippen LogP contribution in [-0.2, 0) is 11.2 Å². The first kappa shape index (κ1) is 13.4. The molecular formula is C13H18F2N2O. The number of nitrogens with two attached hydrogens (primary N) is 1. The highest BCUT2D eigenvalue weighted by molar-refractivity contribution is 5.19. The van der Waals surface area contributed by atoms with Crippen LogP contribution < -0.4 is 11.3 Å². The van der Waals surface area contributed by atoms with Gasteiger partial charge in [0.15, 0.2) is 0 Å². The van der Waals surface area contributed by atoms with Gasteiger partial charge in [0.25, 0.3) is 0 Å². The van der Waals surface area contributed by atoms with Crippen LogP contribution in [0, 0.1) is 17.6 Å². The van der Waals surface area contributed by atoms with Crippen LogP contribution in [0.2, 0.25) is 0 Å². The van der Waals surface area contributed by atoms with Gasteiger partial charge in [-0.2, -0.15) is 0 Å². The van der Waals surface area contributed by atoms with Crippen LogP contribution in [0.25, 0.3) is 0 Å². The molecule has 1 fully saturated rings. The summed E-state index contributed by atoms with van der Waals surface area (Å²) in [6.45, 7) is 2.64. The summed E-state index contributed by atoms with van der Waals surface area (Å²) >= 11 is 0. The van der Waals surface area contributed by atoms with Crippen molar-refractivity contribution in [3.63, 3.8) is 0 Å². The summed E-state index contributed by atoms with van der Waals surface area (Å²) in [7, 11) is 0. The first-order chi connectivity index (χ1) is 8.58. The highest BCUT2D eigenvalue weighted by Gasteiger charge is 2.29. The molecule has 1 heterocycles. The largest absolute Gasteiger partial charge is 0.378 e. The second kappa shape index (κ2) is 5.73. The molecule has 0 bridgehead atoms. The molecule has 5 heteroatoms. The van der Waals surface area contributed by atoms with E-state index in [0.717, 1.165) is 12.5 Å². The lowest BCUT2D eigenvalue weighted by Crippen LogP contribution is -2.42. The molecule has 100 valence electrons. The van der Waals surface area contributed by atoms with E-state index in [1.165, 1.54) is 12.1 Å². The Morgan fingerprint density at radius 2 is 2.06 bits per heavy atom. The van der Waals surface area contributed by atoms with Crippen molar-refractivity contribution < 1.29 is 13.5 Å². The van der Waals surface area contributed by atoms with Gasteiger partial charge in [-0.05, 0) is 37.5 Å². The van der Waals surface area contributed by atoms with E-state index in [-0.39, 0.29) is 18.1 Å². The van der Waals surface area contributed by atoms with Crippen LogP contribution in [0.4, 0.5) is 8.78 Å². The number of ether oxygens (including phenoxy) is 1. The first-order valence-electron chi connectivity index (χ1n) is 6.11. The third-order valence-electron chi connectivity index (χ3n) is 3.39. The van der Waals surface area contributed by atoms with Crippen molar-refractivity contribution in [3.05, 3.63) is 35.4 Å². The zero-order valence-corrected chi connectivity index (χ0v) is 10.3. The van der Waals surface area contributed by atoms with Crippen LogP contribution in [0.5, 0.6) is 0 Å². The topological polar surface area (TPSA) is 47.3 Å². The Hall–Kier alpha value is -1.04. The maximum absolute atomic E-state index is 13.1. The quantitative estimate of drug-likeness (QED) is 0.637. The second-order valence-corrected chi connectivity index (χ2v) is 4.89. The lowest BCUT2D eigenvalue weighted by Gasteiger charge is -2.21. The molecule has 0 saturated carbocycles. The summed E-state index contributed by atoms with van der Waals surface area (Å²) in [5, 5.41) is 0. The molecule has 0 radical (unpaired) electrons. The monoisotopic (exact) mass is 256 g/mol. The third kappa shape index (κ3) is 3.25. The summed E-state index contributed by atoms with van der Waals surface area (Å²) in [6, 6.07) is 3.52. The Kier molecular flexibility index (Phi) is 4.27. The number of benzene rings is 1. The van der Waals surface area contributed by atoms with Crippen LogP contribution in [-0.4, -0.2) is 18.8 Å². The maximum Gasteiger partial charge on any atom is 0.126 e. The maximum atomic E-state index is 13.1. The lowest BCUT2D eigenvalue weighted by atomic mass is 9.92. The van der Waals surface area contributed by atoms with Crippen molar-refractivity contribution >= 4 is 0 Å². The predicted molar refractivity (Wildman–Crippen MR) is 64.7 cm³/mol. The van der Waals surface area contributed by atoms with Gasteiger partial charge in [-0.1, -0.05) is 0 Å². The minimum atomic E-state index is -0.559. The van der Waals surface area contributed by atoms with Gasteiger partial charge in [0.2, 0.25) is 0 Å². The molecule has 0 aliphatic carbocycles. The highest BCUT2D eigenvalue weighted by atomic mass is 19.1. The Labute approximate surface area is 105 Å². The van der Waals surface area contributed by atoms with Gasteiger partial charge < -0.3 is 4.74 Å². The molecule has 1 aromatic rings. The lowest BCUT2D eigenvalue weighted by molar-refractivity contribution is 0.117. The summed E-state index contributed by atoms with van der Waals surface area (Å²) in [5.74, 6) is 4.69. The van der Waals surface area contributed by atoms with E-state index in [4.69, 9.17) is 10.6 Å². The minimum Gasteiger partial charge on any atom is -0.378 e. The molecule has 3 atom stereocenters. The average Bonchev–Trinajstić information content (AvgIpc) is 2.71. The molecule has 2 rings (SSSR count). The van der Waals surface area contributed by atoms with Gasteiger partial charge in [0.1, 0.15) is 11.6 Å². The Morgan fingerprint density at radius 3 is 2.56 bits per heavy atom. The van der Waals surface area contributed by atoms with Gasteiger partial charge in [-0.25, -0.2) is 8.78 Å². The van der Waals surface area contributed by atoms with Crippen molar-refractivity contribution in [1.29, 1.82) is 0 Å². The number of hydrogen-bond donors (Lipinski definition) is 2. The van der Waals surface area contributed by atoms with E-state index in [2.05, 4.69) is 5.43 Å². The van der Waals surface area contributed by atoms with Gasteiger partial charge >= 0.3 is 0 Å². The van der Waals surface area contributed by atoms with E-state index in [1.54, 1.807) is 0 Å². The van der Waals surface area contributed by atoms with Crippen molar-refractivity contribution in [1.82, 2.24) is 5.43 Å². The first-order valence-corrected chi connectivity index (χ1v) is 6.11. The molecule has 3 nitrogen and oxygen atoms in total. The van der Waals surface area contributed by atoms with E-state index in [9.17, 15) is 8.78 Å². The molecule has 0 aromatic heterocycles. The number of rotatable bonds is 4. The van der Waals surface area contributed by atoms with Gasteiger partial charge in [-0.15, -0.1) is 0 Å². The molecule has 1 saturated heterocycles. The zero-order valence-electron chi connectivity index (χ0n) is 10.3. The SMILES string of the molecule is CC1CC(C(Cc2cc(F)cc(F)c2)NN)CO1. The van der Waals surface area contributed by atoms with Crippen LogP contribution >= 0.6 is 0 Å². The van der Waals surface area contributed by atoms with E-state index >= 15 is 0 Å². The van der Waals surface area contributed by atoms with Gasteiger partial charge in [-0.3, -0.25) is 11.3 Å². The number of nitrogens with one attached hydrogen (secondary N) is 1. The smallest absolute Gasteiger partial charge is 0.126 e. The third-order valence-corrected chi connectivity index (χ3v) is 3.39. The van der Waals surface area contributed by atoms with Crippen molar-refractivity contribution in [2.24, 2.45) is 11.8 Å². The van der Waals surface area contributed by atoms with Crippen molar-refractivity contribution in [3.8, 4) is 0 Å². The minimum absolute atomic E-state index is 0.0313. The Bertz CT molecular complexity index is 394. The van der Waals surface area contributed by atoms with E-state index in [0.29, 0.717) is 18.6 Å². The standard InChI is InChI=1S/C13H18F2N2O/c1-8-2-10(7-18-8)13(17-16)5-9-3-11(14)6-12(15)4-9/h3-4,6,8,10,13,17H,2,5,7,16H2,1H3. The van der Waals surface area contributed by atoms with Crippen molar-refractivity contribution in [2.75, 3.05) is 6.61 Å².